The number of halogens is 4. The minimum Gasteiger partial charge on any atom is -0.408 e. The Kier molecular flexibility index (Phi) is 7.67. The van der Waals surface area contributed by atoms with E-state index in [2.05, 4.69) is 15.2 Å². The summed E-state index contributed by atoms with van der Waals surface area (Å²) in [6, 6.07) is 8.20. The molecular formula is C23H22ClF3N4O5. The number of piperazine rings is 1. The van der Waals surface area contributed by atoms with Gasteiger partial charge in [-0.15, -0.1) is 5.06 Å². The number of nitrogens with one attached hydrogen (secondary N) is 2. The number of carbonyl (C=O) groups is 2. The summed E-state index contributed by atoms with van der Waals surface area (Å²) < 4.78 is 43.9. The van der Waals surface area contributed by atoms with Crippen molar-refractivity contribution in [1.29, 1.82) is 0 Å². The Morgan fingerprint density at radius 3 is 2.58 bits per heavy atom. The van der Waals surface area contributed by atoms with Gasteiger partial charge in [-0.25, -0.2) is 9.59 Å². The van der Waals surface area contributed by atoms with Crippen LogP contribution in [0, 0.1) is 0 Å². The van der Waals surface area contributed by atoms with Gasteiger partial charge in [0, 0.05) is 51.3 Å². The number of hydrogen-bond donors (Lipinski definition) is 2. The number of hydrogen-bond acceptors (Lipinski definition) is 7. The van der Waals surface area contributed by atoms with Crippen LogP contribution in [0.2, 0.25) is 5.02 Å². The second-order valence-corrected chi connectivity index (χ2v) is 8.62. The highest BCUT2D eigenvalue weighted by Crippen LogP contribution is 2.35. The lowest BCUT2D eigenvalue weighted by molar-refractivity contribution is -0.137. The van der Waals surface area contributed by atoms with Crippen molar-refractivity contribution in [2.45, 2.75) is 19.1 Å². The average Bonchev–Trinajstić information content (AvgIpc) is 3.21. The lowest BCUT2D eigenvalue weighted by Gasteiger charge is -2.33. The highest BCUT2D eigenvalue weighted by atomic mass is 35.5. The quantitative estimate of drug-likeness (QED) is 0.451. The summed E-state index contributed by atoms with van der Waals surface area (Å²) in [5, 5.41) is 3.47. The molecule has 0 saturated carbocycles. The van der Waals surface area contributed by atoms with Crippen LogP contribution in [0.4, 0.5) is 18.0 Å². The number of Topliss-reactive ketones (excluding diaryl/α,β-unsaturated/α-hetero) is 1. The van der Waals surface area contributed by atoms with E-state index in [9.17, 15) is 27.6 Å². The van der Waals surface area contributed by atoms with Crippen molar-refractivity contribution < 1.29 is 32.0 Å². The molecule has 0 atom stereocenters. The number of amides is 1. The van der Waals surface area contributed by atoms with E-state index in [4.69, 9.17) is 20.9 Å². The summed E-state index contributed by atoms with van der Waals surface area (Å²) in [6.45, 7) is 2.27. The first-order valence-corrected chi connectivity index (χ1v) is 11.4. The Bertz CT molecular complexity index is 1320. The second-order valence-electron chi connectivity index (χ2n) is 8.21. The number of rotatable bonds is 7. The Morgan fingerprint density at radius 2 is 1.86 bits per heavy atom. The third kappa shape index (κ3) is 6.45. The van der Waals surface area contributed by atoms with Gasteiger partial charge in [-0.1, -0.05) is 17.7 Å². The fourth-order valence-corrected chi connectivity index (χ4v) is 4.02. The molecular weight excluding hydrogens is 505 g/mol. The third-order valence-electron chi connectivity index (χ3n) is 5.71. The zero-order valence-corrected chi connectivity index (χ0v) is 19.6. The standard InChI is InChI=1S/C23H22ClF3N4O5/c24-17-3-1-14(11-16(17)23(25,26)27)13-28-21(33)36-31-9-7-30(8-10-31)6-5-19(32)15-2-4-18-20(12-15)35-22(34)29-18/h1-4,11-12H,5-10,13H2,(H,28,33)(H,29,34). The van der Waals surface area contributed by atoms with E-state index in [-0.39, 0.29) is 24.3 Å². The van der Waals surface area contributed by atoms with Gasteiger partial charge < -0.3 is 19.5 Å². The molecule has 1 amide bonds. The fraction of sp³-hybridized carbons (Fsp3) is 0.348. The number of oxazole rings is 1. The monoisotopic (exact) mass is 526 g/mol. The van der Waals surface area contributed by atoms with Gasteiger partial charge in [-0.2, -0.15) is 13.2 Å². The van der Waals surface area contributed by atoms with E-state index < -0.39 is 28.6 Å². The minimum atomic E-state index is -4.59. The van der Waals surface area contributed by atoms with Crippen LogP contribution in [-0.4, -0.2) is 59.5 Å². The summed E-state index contributed by atoms with van der Waals surface area (Å²) in [5.41, 5.74) is 0.564. The summed E-state index contributed by atoms with van der Waals surface area (Å²) in [7, 11) is 0. The van der Waals surface area contributed by atoms with Crippen LogP contribution in [0.5, 0.6) is 0 Å². The number of fused-ring (bicyclic) bond motifs is 1. The van der Waals surface area contributed by atoms with E-state index in [0.717, 1.165) is 12.1 Å². The molecule has 0 aliphatic carbocycles. The predicted octanol–water partition coefficient (Wildman–Crippen LogP) is 3.83. The van der Waals surface area contributed by atoms with Gasteiger partial charge in [0.15, 0.2) is 11.4 Å². The zero-order valence-electron chi connectivity index (χ0n) is 18.9. The summed E-state index contributed by atoms with van der Waals surface area (Å²) in [6.07, 6.45) is -5.11. The van der Waals surface area contributed by atoms with Crippen LogP contribution < -0.4 is 11.1 Å². The number of aromatic nitrogens is 1. The molecule has 0 spiro atoms. The fourth-order valence-electron chi connectivity index (χ4n) is 3.79. The number of nitrogens with zero attached hydrogens (tertiary/aromatic N) is 2. The zero-order chi connectivity index (χ0) is 25.9. The van der Waals surface area contributed by atoms with E-state index in [1.165, 1.54) is 17.2 Å². The van der Waals surface area contributed by atoms with Crippen LogP contribution in [0.1, 0.15) is 27.9 Å². The topological polar surface area (TPSA) is 108 Å². The number of alkyl halides is 3. The lowest BCUT2D eigenvalue weighted by atomic mass is 10.1. The average molecular weight is 527 g/mol. The minimum absolute atomic E-state index is 0.0883. The maximum absolute atomic E-state index is 13.0. The number of aromatic amines is 1. The van der Waals surface area contributed by atoms with E-state index in [1.54, 1.807) is 12.1 Å². The smallest absolute Gasteiger partial charge is 0.408 e. The highest BCUT2D eigenvalue weighted by molar-refractivity contribution is 6.31. The van der Waals surface area contributed by atoms with Crippen molar-refractivity contribution in [2.75, 3.05) is 32.7 Å². The third-order valence-corrected chi connectivity index (χ3v) is 6.04. The molecule has 1 aromatic heterocycles. The number of hydroxylamine groups is 2. The SMILES string of the molecule is O=C(NCc1ccc(Cl)c(C(F)(F)F)c1)ON1CCN(CCC(=O)c2ccc3[nH]c(=O)oc3c2)CC1. The van der Waals surface area contributed by atoms with Gasteiger partial charge >= 0.3 is 18.0 Å². The molecule has 2 N–H and O–H groups in total. The van der Waals surface area contributed by atoms with Crippen LogP contribution in [-0.2, 0) is 17.6 Å². The summed E-state index contributed by atoms with van der Waals surface area (Å²) >= 11 is 5.60. The Hall–Kier alpha value is -3.35. The van der Waals surface area contributed by atoms with Gasteiger partial charge in [0.25, 0.3) is 0 Å². The molecule has 4 rings (SSSR count). The number of ketones is 1. The molecule has 9 nitrogen and oxygen atoms in total. The molecule has 0 radical (unpaired) electrons. The predicted molar refractivity (Wildman–Crippen MR) is 124 cm³/mol. The van der Waals surface area contributed by atoms with Gasteiger partial charge in [0.05, 0.1) is 16.1 Å². The first-order valence-electron chi connectivity index (χ1n) is 11.0. The van der Waals surface area contributed by atoms with Crippen molar-refractivity contribution in [1.82, 2.24) is 20.3 Å². The van der Waals surface area contributed by atoms with E-state index in [1.807, 2.05) is 0 Å². The first-order chi connectivity index (χ1) is 17.1. The molecule has 2 aromatic carbocycles. The highest BCUT2D eigenvalue weighted by Gasteiger charge is 2.33. The number of benzene rings is 2. The summed E-state index contributed by atoms with van der Waals surface area (Å²) in [4.78, 5) is 45.6. The van der Waals surface area contributed by atoms with Gasteiger partial charge in [0.1, 0.15) is 0 Å². The van der Waals surface area contributed by atoms with Crippen molar-refractivity contribution in [3.05, 3.63) is 68.7 Å². The van der Waals surface area contributed by atoms with Crippen molar-refractivity contribution >= 4 is 34.6 Å². The van der Waals surface area contributed by atoms with Crippen LogP contribution >= 0.6 is 11.6 Å². The van der Waals surface area contributed by atoms with Crippen molar-refractivity contribution in [2.24, 2.45) is 0 Å². The molecule has 3 aromatic rings. The van der Waals surface area contributed by atoms with Gasteiger partial charge in [0.2, 0.25) is 0 Å². The molecule has 2 heterocycles. The molecule has 0 unspecified atom stereocenters. The molecule has 36 heavy (non-hydrogen) atoms. The largest absolute Gasteiger partial charge is 0.426 e. The Balaban J connectivity index is 1.19. The van der Waals surface area contributed by atoms with Crippen LogP contribution in [0.3, 0.4) is 0 Å². The number of carbonyl (C=O) groups excluding carboxylic acids is 2. The van der Waals surface area contributed by atoms with E-state index >= 15 is 0 Å². The number of H-pyrrole nitrogens is 1. The molecule has 13 heteroatoms. The molecule has 1 fully saturated rings. The van der Waals surface area contributed by atoms with Crippen molar-refractivity contribution in [3.63, 3.8) is 0 Å². The van der Waals surface area contributed by atoms with Gasteiger partial charge in [-0.3, -0.25) is 9.78 Å². The molecule has 1 aliphatic rings. The molecule has 0 bridgehead atoms. The van der Waals surface area contributed by atoms with E-state index in [0.29, 0.717) is 49.4 Å². The molecule has 1 saturated heterocycles. The van der Waals surface area contributed by atoms with Gasteiger partial charge in [-0.05, 0) is 35.9 Å². The second kappa shape index (κ2) is 10.7. The first kappa shape index (κ1) is 25.7. The molecule has 1 aliphatic heterocycles. The maximum Gasteiger partial charge on any atom is 0.426 e. The Morgan fingerprint density at radius 1 is 1.11 bits per heavy atom. The van der Waals surface area contributed by atoms with Crippen molar-refractivity contribution in [3.8, 4) is 0 Å². The van der Waals surface area contributed by atoms with Crippen LogP contribution in [0.15, 0.2) is 45.6 Å². The normalized spacial score (nSPS) is 15.2. The summed E-state index contributed by atoms with van der Waals surface area (Å²) in [5.74, 6) is -0.668. The Labute approximate surface area is 207 Å². The molecule has 192 valence electrons. The van der Waals surface area contributed by atoms with Crippen LogP contribution in [0.25, 0.3) is 11.1 Å². The maximum atomic E-state index is 13.0. The lowest BCUT2D eigenvalue weighted by Crippen LogP contribution is -2.48.